The Morgan fingerprint density at radius 1 is 0.343 bits per heavy atom. The Kier molecular flexibility index (Phi) is 10.6. The van der Waals surface area contributed by atoms with Gasteiger partial charge in [-0.05, 0) is 143 Å². The first-order valence-electron chi connectivity index (χ1n) is 25.2. The van der Waals surface area contributed by atoms with Gasteiger partial charge in [-0.3, -0.25) is 0 Å². The molecule has 0 radical (unpaired) electrons. The number of anilines is 3. The van der Waals surface area contributed by atoms with Crippen molar-refractivity contribution in [1.82, 2.24) is 0 Å². The summed E-state index contributed by atoms with van der Waals surface area (Å²) < 4.78 is 0. The van der Waals surface area contributed by atoms with Crippen molar-refractivity contribution in [3.8, 4) is 44.5 Å². The smallest absolute Gasteiger partial charge is 0.0713 e. The van der Waals surface area contributed by atoms with E-state index in [-0.39, 0.29) is 0 Å². The Hall–Kier alpha value is -8.26. The molecule has 1 saturated carbocycles. The summed E-state index contributed by atoms with van der Waals surface area (Å²) in [6, 6.07) is 95.1. The van der Waals surface area contributed by atoms with Crippen molar-refractivity contribution in [2.45, 2.75) is 43.4 Å². The van der Waals surface area contributed by atoms with Crippen LogP contribution in [0.25, 0.3) is 66.1 Å². The second-order valence-corrected chi connectivity index (χ2v) is 19.3. The number of nitrogens with zero attached hydrogens (tertiary/aromatic N) is 1. The van der Waals surface area contributed by atoms with Crippen LogP contribution in [-0.2, 0) is 5.41 Å². The van der Waals surface area contributed by atoms with Gasteiger partial charge in [0.25, 0.3) is 0 Å². The average molecular weight is 896 g/mol. The highest BCUT2D eigenvalue weighted by molar-refractivity contribution is 6.04. The lowest BCUT2D eigenvalue weighted by Crippen LogP contribution is -2.28. The van der Waals surface area contributed by atoms with Crippen LogP contribution in [0.2, 0.25) is 0 Å². The van der Waals surface area contributed by atoms with Crippen LogP contribution in [0.4, 0.5) is 17.1 Å². The minimum absolute atomic E-state index is 0.456. The fraction of sp³-hybridized carbons (Fsp3) is 0.101. The van der Waals surface area contributed by atoms with Crippen LogP contribution in [0.3, 0.4) is 0 Å². The molecule has 13 rings (SSSR count). The third kappa shape index (κ3) is 6.99. The zero-order chi connectivity index (χ0) is 46.4. The molecule has 0 amide bonds. The van der Waals surface area contributed by atoms with Crippen molar-refractivity contribution >= 4 is 38.6 Å². The van der Waals surface area contributed by atoms with Gasteiger partial charge < -0.3 is 4.90 Å². The van der Waals surface area contributed by atoms with Crippen molar-refractivity contribution in [2.75, 3.05) is 4.90 Å². The number of rotatable bonds is 9. The van der Waals surface area contributed by atoms with Crippen molar-refractivity contribution < 1.29 is 0 Å². The molecule has 0 unspecified atom stereocenters. The van der Waals surface area contributed by atoms with Gasteiger partial charge in [-0.1, -0.05) is 238 Å². The number of hydrogen-bond donors (Lipinski definition) is 0. The summed E-state index contributed by atoms with van der Waals surface area (Å²) in [4.78, 5) is 2.48. The molecule has 0 heterocycles. The molecular formula is C69H53N. The predicted molar refractivity (Wildman–Crippen MR) is 296 cm³/mol. The summed E-state index contributed by atoms with van der Waals surface area (Å²) in [5, 5.41) is 5.21. The molecule has 0 aliphatic heterocycles. The second-order valence-electron chi connectivity index (χ2n) is 19.3. The van der Waals surface area contributed by atoms with E-state index in [4.69, 9.17) is 0 Å². The average Bonchev–Trinajstić information content (AvgIpc) is 3.75. The van der Waals surface area contributed by atoms with Gasteiger partial charge in [0.15, 0.2) is 0 Å². The number of fused-ring (bicyclic) bond motifs is 5. The molecule has 0 aromatic heterocycles. The Balaban J connectivity index is 0.971. The van der Waals surface area contributed by atoms with Crippen LogP contribution in [-0.4, -0.2) is 0 Å². The first-order valence-corrected chi connectivity index (χ1v) is 25.2. The maximum atomic E-state index is 2.48. The molecule has 0 N–H and O–H groups in total. The monoisotopic (exact) mass is 895 g/mol. The minimum atomic E-state index is -0.456. The predicted octanol–water partition coefficient (Wildman–Crippen LogP) is 18.9. The van der Waals surface area contributed by atoms with Crippen LogP contribution in [0, 0.1) is 0 Å². The van der Waals surface area contributed by atoms with Crippen LogP contribution in [0.15, 0.2) is 255 Å². The molecule has 1 fully saturated rings. The van der Waals surface area contributed by atoms with E-state index in [0.717, 1.165) is 17.1 Å². The molecule has 0 bridgehead atoms. The fourth-order valence-corrected chi connectivity index (χ4v) is 12.4. The summed E-state index contributed by atoms with van der Waals surface area (Å²) in [5.41, 5.74) is 19.6. The van der Waals surface area contributed by atoms with Crippen LogP contribution in [0.5, 0.6) is 0 Å². The normalized spacial score (nSPS) is 14.1. The van der Waals surface area contributed by atoms with Crippen molar-refractivity contribution in [3.05, 3.63) is 283 Å². The third-order valence-corrected chi connectivity index (χ3v) is 15.5. The van der Waals surface area contributed by atoms with Crippen molar-refractivity contribution in [3.63, 3.8) is 0 Å². The lowest BCUT2D eigenvalue weighted by molar-refractivity contribution is 0.445. The molecule has 334 valence electrons. The Morgan fingerprint density at radius 3 is 1.60 bits per heavy atom. The molecule has 0 atom stereocenters. The molecule has 1 nitrogen and oxygen atoms in total. The quantitative estimate of drug-likeness (QED) is 0.140. The maximum absolute atomic E-state index is 2.48. The molecule has 0 saturated heterocycles. The van der Waals surface area contributed by atoms with E-state index < -0.39 is 5.41 Å². The number of benzene rings is 11. The number of para-hydroxylation sites is 1. The van der Waals surface area contributed by atoms with Crippen molar-refractivity contribution in [1.29, 1.82) is 0 Å². The first-order chi connectivity index (χ1) is 34.7. The highest BCUT2D eigenvalue weighted by Gasteiger charge is 2.46. The van der Waals surface area contributed by atoms with E-state index >= 15 is 0 Å². The van der Waals surface area contributed by atoms with Gasteiger partial charge >= 0.3 is 0 Å². The zero-order valence-corrected chi connectivity index (χ0v) is 39.3. The fourth-order valence-electron chi connectivity index (χ4n) is 12.4. The van der Waals surface area contributed by atoms with E-state index in [1.54, 1.807) is 0 Å². The van der Waals surface area contributed by atoms with E-state index in [9.17, 15) is 0 Å². The summed E-state index contributed by atoms with van der Waals surface area (Å²) in [6.07, 6.45) is 6.46. The SMILES string of the molecule is c1ccc(C2(c3ccccc3)c3ccccc3-c3c(-c4ccc(N(c5ccc(-c6ccc7ccccc7c6)cc5)c5ccccc5-c5cccc6cccc(C7CCCCC7)c56)cc4)cccc32)cc1. The second kappa shape index (κ2) is 17.7. The molecule has 11 aromatic rings. The van der Waals surface area contributed by atoms with Gasteiger partial charge in [0.1, 0.15) is 0 Å². The van der Waals surface area contributed by atoms with Gasteiger partial charge in [0, 0.05) is 16.9 Å². The highest BCUT2D eigenvalue weighted by Crippen LogP contribution is 2.58. The molecule has 70 heavy (non-hydrogen) atoms. The first kappa shape index (κ1) is 41.9. The summed E-state index contributed by atoms with van der Waals surface area (Å²) in [7, 11) is 0. The molecule has 0 spiro atoms. The Labute approximate surface area is 412 Å². The molecule has 11 aromatic carbocycles. The highest BCUT2D eigenvalue weighted by atomic mass is 15.1. The van der Waals surface area contributed by atoms with E-state index in [1.807, 2.05) is 0 Å². The largest absolute Gasteiger partial charge is 0.310 e. The molecule has 1 heteroatoms. The van der Waals surface area contributed by atoms with E-state index in [2.05, 4.69) is 260 Å². The lowest BCUT2D eigenvalue weighted by atomic mass is 9.67. The van der Waals surface area contributed by atoms with Crippen LogP contribution < -0.4 is 4.90 Å². The molecular weight excluding hydrogens is 843 g/mol. The molecule has 2 aliphatic carbocycles. The van der Waals surface area contributed by atoms with Gasteiger partial charge in [-0.25, -0.2) is 0 Å². The van der Waals surface area contributed by atoms with Gasteiger partial charge in [-0.2, -0.15) is 0 Å². The van der Waals surface area contributed by atoms with Gasteiger partial charge in [0.2, 0.25) is 0 Å². The topological polar surface area (TPSA) is 3.24 Å². The Bertz CT molecular complexity index is 3630. The van der Waals surface area contributed by atoms with Gasteiger partial charge in [0.05, 0.1) is 11.1 Å². The summed E-state index contributed by atoms with van der Waals surface area (Å²) in [5.74, 6) is 0.578. The van der Waals surface area contributed by atoms with Gasteiger partial charge in [-0.15, -0.1) is 0 Å². The van der Waals surface area contributed by atoms with Crippen molar-refractivity contribution in [2.24, 2.45) is 0 Å². The Morgan fingerprint density at radius 2 is 0.871 bits per heavy atom. The zero-order valence-electron chi connectivity index (χ0n) is 39.3. The maximum Gasteiger partial charge on any atom is 0.0713 e. The summed E-state index contributed by atoms with van der Waals surface area (Å²) >= 11 is 0. The van der Waals surface area contributed by atoms with E-state index in [1.165, 1.54) is 126 Å². The van der Waals surface area contributed by atoms with Crippen LogP contribution >= 0.6 is 0 Å². The minimum Gasteiger partial charge on any atom is -0.310 e. The molecule has 2 aliphatic rings. The third-order valence-electron chi connectivity index (χ3n) is 15.5. The lowest BCUT2D eigenvalue weighted by Gasteiger charge is -2.34. The van der Waals surface area contributed by atoms with E-state index in [0.29, 0.717) is 5.92 Å². The van der Waals surface area contributed by atoms with Crippen LogP contribution in [0.1, 0.15) is 65.8 Å². The number of hydrogen-bond acceptors (Lipinski definition) is 1. The standard InChI is InChI=1S/C69H53N/c1-4-20-50(21-5-1)59-31-16-23-52-24-17-33-62(67(52)59)61-29-13-15-36-66(61)70(57-43-39-49(40-44-57)54-38-37-48-19-10-11-22-53(48)47-54)58-45-41-51(42-46-58)60-32-18-35-65-68(60)63-30-12-14-34-64(63)69(65,55-25-6-2-7-26-55)56-27-8-3-9-28-56/h2-3,6-19,22-47,50H,1,4-5,20-21H2. The summed E-state index contributed by atoms with van der Waals surface area (Å²) in [6.45, 7) is 0.